The maximum atomic E-state index is 2.12. The Labute approximate surface area is 61.0 Å². The Kier molecular flexibility index (Phi) is 59.8. The van der Waals surface area contributed by atoms with Gasteiger partial charge in [0.05, 0.1) is 0 Å². The minimum Gasteiger partial charge on any atom is -0.0656 e. The molecular weight excluding hydrogens is 249 g/mol. The molecule has 0 N–H and O–H groups in total. The second-order valence-electron chi connectivity index (χ2n) is 0.707. The summed E-state index contributed by atoms with van der Waals surface area (Å²) in [5, 5.41) is 0. The van der Waals surface area contributed by atoms with Crippen LogP contribution in [0.1, 0.15) is 20.3 Å². The van der Waals surface area contributed by atoms with E-state index in [1.807, 2.05) is 0 Å². The van der Waals surface area contributed by atoms with Crippen molar-refractivity contribution in [2.75, 3.05) is 0 Å². The Morgan fingerprint density at radius 1 is 1.00 bits per heavy atom. The van der Waals surface area contributed by atoms with Gasteiger partial charge in [-0.3, -0.25) is 0 Å². The van der Waals surface area contributed by atoms with Crippen molar-refractivity contribution < 1.29 is 40.8 Å². The van der Waals surface area contributed by atoms with Crippen LogP contribution < -0.4 is 0 Å². The first-order valence-electron chi connectivity index (χ1n) is 1.41. The molecule has 0 rings (SSSR count). The van der Waals surface area contributed by atoms with E-state index >= 15 is 0 Å². The Bertz CT molecular complexity index is 4.85. The first-order valence-corrected chi connectivity index (χ1v) is 1.41. The molecule has 5 heavy (non-hydrogen) atoms. The van der Waals surface area contributed by atoms with Gasteiger partial charge in [0, 0.05) is 40.8 Å². The van der Waals surface area contributed by atoms with E-state index < -0.39 is 0 Å². The number of hydrogen-bond acceptors (Lipinski definition) is 0. The van der Waals surface area contributed by atoms with Crippen LogP contribution in [0.4, 0.5) is 0 Å². The molecular formula is C3H8Pd2. The Balaban J connectivity index is -0.0000000200. The third-order valence-corrected chi connectivity index (χ3v) is 0. The van der Waals surface area contributed by atoms with Crippen LogP contribution in [0.2, 0.25) is 0 Å². The van der Waals surface area contributed by atoms with Gasteiger partial charge in [-0.2, -0.15) is 0 Å². The average Bonchev–Trinajstić information content (AvgIpc) is 0.918. The van der Waals surface area contributed by atoms with E-state index in [-0.39, 0.29) is 40.8 Å². The summed E-state index contributed by atoms with van der Waals surface area (Å²) >= 11 is 0. The van der Waals surface area contributed by atoms with Crippen LogP contribution >= 0.6 is 0 Å². The molecule has 0 radical (unpaired) electrons. The van der Waals surface area contributed by atoms with Crippen LogP contribution in [0.25, 0.3) is 0 Å². The molecule has 0 amide bonds. The molecule has 2 heteroatoms. The van der Waals surface area contributed by atoms with E-state index in [2.05, 4.69) is 13.8 Å². The first-order chi connectivity index (χ1) is 1.41. The fraction of sp³-hybridized carbons (Fsp3) is 1.00. The van der Waals surface area contributed by atoms with Crippen LogP contribution in [0, 0.1) is 0 Å². The molecule has 0 heterocycles. The average molecular weight is 257 g/mol. The van der Waals surface area contributed by atoms with E-state index in [1.165, 1.54) is 6.42 Å². The SMILES string of the molecule is CCC.[Pd].[Pd]. The molecule has 0 aromatic rings. The number of hydrogen-bond donors (Lipinski definition) is 0. The molecule has 0 aliphatic rings. The summed E-state index contributed by atoms with van der Waals surface area (Å²) in [4.78, 5) is 0. The molecule has 0 bridgehead atoms. The second kappa shape index (κ2) is 18.4. The zero-order valence-electron chi connectivity index (χ0n) is 3.34. The zero-order valence-corrected chi connectivity index (χ0v) is 6.45. The van der Waals surface area contributed by atoms with E-state index in [1.54, 1.807) is 0 Å². The molecule has 0 aromatic carbocycles. The molecule has 0 fully saturated rings. The van der Waals surface area contributed by atoms with Crippen molar-refractivity contribution in [3.8, 4) is 0 Å². The summed E-state index contributed by atoms with van der Waals surface area (Å²) in [7, 11) is 0. The molecule has 0 aromatic heterocycles. The fourth-order valence-electron chi connectivity index (χ4n) is 0. The number of rotatable bonds is 0. The van der Waals surface area contributed by atoms with Crippen molar-refractivity contribution in [3.63, 3.8) is 0 Å². The van der Waals surface area contributed by atoms with Gasteiger partial charge >= 0.3 is 0 Å². The van der Waals surface area contributed by atoms with E-state index in [9.17, 15) is 0 Å². The Morgan fingerprint density at radius 3 is 1.00 bits per heavy atom. The second-order valence-corrected chi connectivity index (χ2v) is 0.707. The van der Waals surface area contributed by atoms with Gasteiger partial charge in [0.1, 0.15) is 0 Å². The minimum absolute atomic E-state index is 0. The molecule has 40 valence electrons. The van der Waals surface area contributed by atoms with E-state index in [0.717, 1.165) is 0 Å². The maximum Gasteiger partial charge on any atom is 0 e. The van der Waals surface area contributed by atoms with Gasteiger partial charge in [-0.25, -0.2) is 0 Å². The van der Waals surface area contributed by atoms with Gasteiger partial charge in [-0.1, -0.05) is 20.3 Å². The molecule has 0 aliphatic heterocycles. The van der Waals surface area contributed by atoms with Crippen LogP contribution in [-0.4, -0.2) is 0 Å². The normalized spacial score (nSPS) is 3.60. The molecule has 0 spiro atoms. The third-order valence-electron chi connectivity index (χ3n) is 0. The van der Waals surface area contributed by atoms with Crippen molar-refractivity contribution in [1.29, 1.82) is 0 Å². The summed E-state index contributed by atoms with van der Waals surface area (Å²) in [5.74, 6) is 0. The van der Waals surface area contributed by atoms with Crippen molar-refractivity contribution in [3.05, 3.63) is 0 Å². The van der Waals surface area contributed by atoms with Gasteiger partial charge in [-0.15, -0.1) is 0 Å². The molecule has 0 atom stereocenters. The molecule has 0 saturated heterocycles. The Morgan fingerprint density at radius 2 is 1.00 bits per heavy atom. The summed E-state index contributed by atoms with van der Waals surface area (Å²) in [5.41, 5.74) is 0. The Hall–Kier alpha value is 1.32. The molecule has 0 unspecified atom stereocenters. The van der Waals surface area contributed by atoms with Crippen LogP contribution in [-0.2, 0) is 40.8 Å². The predicted octanol–water partition coefficient (Wildman–Crippen LogP) is 1.41. The minimum atomic E-state index is 0. The summed E-state index contributed by atoms with van der Waals surface area (Å²) in [6.45, 7) is 4.25. The zero-order chi connectivity index (χ0) is 2.71. The smallest absolute Gasteiger partial charge is 0 e. The fourth-order valence-corrected chi connectivity index (χ4v) is 0. The van der Waals surface area contributed by atoms with Gasteiger partial charge in [0.15, 0.2) is 0 Å². The largest absolute Gasteiger partial charge is 0.0656 e. The van der Waals surface area contributed by atoms with Crippen molar-refractivity contribution >= 4 is 0 Å². The third kappa shape index (κ3) is 33.5. The van der Waals surface area contributed by atoms with Crippen LogP contribution in [0.15, 0.2) is 0 Å². The summed E-state index contributed by atoms with van der Waals surface area (Å²) < 4.78 is 0. The molecule has 0 nitrogen and oxygen atoms in total. The monoisotopic (exact) mass is 256 g/mol. The first kappa shape index (κ1) is 16.2. The standard InChI is InChI=1S/C3H8.2Pd/c1-3-2;;/h3H2,1-2H3;;. The van der Waals surface area contributed by atoms with Gasteiger partial charge in [-0.05, 0) is 0 Å². The predicted molar refractivity (Wildman–Crippen MR) is 16.0 cm³/mol. The van der Waals surface area contributed by atoms with Crippen molar-refractivity contribution in [1.82, 2.24) is 0 Å². The molecule has 0 aliphatic carbocycles. The topological polar surface area (TPSA) is 0 Å². The van der Waals surface area contributed by atoms with Gasteiger partial charge < -0.3 is 0 Å². The van der Waals surface area contributed by atoms with Gasteiger partial charge in [0.25, 0.3) is 0 Å². The van der Waals surface area contributed by atoms with Gasteiger partial charge in [0.2, 0.25) is 0 Å². The van der Waals surface area contributed by atoms with E-state index in [4.69, 9.17) is 0 Å². The van der Waals surface area contributed by atoms with Crippen molar-refractivity contribution in [2.45, 2.75) is 20.3 Å². The molecule has 0 saturated carbocycles. The van der Waals surface area contributed by atoms with E-state index in [0.29, 0.717) is 0 Å². The maximum absolute atomic E-state index is 2.12. The summed E-state index contributed by atoms with van der Waals surface area (Å²) in [6.07, 6.45) is 1.25. The van der Waals surface area contributed by atoms with Crippen LogP contribution in [0.5, 0.6) is 0 Å². The van der Waals surface area contributed by atoms with Crippen LogP contribution in [0.3, 0.4) is 0 Å². The summed E-state index contributed by atoms with van der Waals surface area (Å²) in [6, 6.07) is 0. The van der Waals surface area contributed by atoms with Crippen molar-refractivity contribution in [2.24, 2.45) is 0 Å². The quantitative estimate of drug-likeness (QED) is 0.575.